The first-order chi connectivity index (χ1) is 15.8. The van der Waals surface area contributed by atoms with Crippen molar-refractivity contribution in [1.29, 1.82) is 0 Å². The molecule has 0 unspecified atom stereocenters. The van der Waals surface area contributed by atoms with Crippen LogP contribution in [0.15, 0.2) is 12.4 Å². The second kappa shape index (κ2) is 10.5. The molecule has 1 aliphatic rings. The number of sulfonamides is 1. The van der Waals surface area contributed by atoms with Gasteiger partial charge in [0.25, 0.3) is 0 Å². The Balaban J connectivity index is 1.64. The number of hydrogen-bond donors (Lipinski definition) is 1. The summed E-state index contributed by atoms with van der Waals surface area (Å²) in [7, 11) is 0.671. The van der Waals surface area contributed by atoms with Crippen molar-refractivity contribution in [1.82, 2.24) is 28.7 Å². The van der Waals surface area contributed by atoms with Crippen LogP contribution < -0.4 is 5.32 Å². The van der Waals surface area contributed by atoms with Crippen LogP contribution in [0.4, 0.5) is 5.95 Å². The molecule has 0 aliphatic carbocycles. The molecule has 1 N–H and O–H groups in total. The Hall–Kier alpha value is -1.75. The monoisotopic (exact) mass is 511 g/mol. The van der Waals surface area contributed by atoms with Crippen LogP contribution in [0.25, 0.3) is 11.4 Å². The molecule has 3 heterocycles. The van der Waals surface area contributed by atoms with E-state index in [0.717, 1.165) is 11.5 Å². The van der Waals surface area contributed by atoms with Crippen molar-refractivity contribution >= 4 is 27.6 Å². The lowest BCUT2D eigenvalue weighted by Gasteiger charge is -2.35. The maximum absolute atomic E-state index is 12.9. The van der Waals surface area contributed by atoms with E-state index in [4.69, 9.17) is 11.6 Å². The van der Waals surface area contributed by atoms with Crippen LogP contribution in [0.2, 0.25) is 5.02 Å². The number of halogens is 1. The van der Waals surface area contributed by atoms with Gasteiger partial charge in [0.05, 0.1) is 28.9 Å². The van der Waals surface area contributed by atoms with Crippen LogP contribution in [0.3, 0.4) is 0 Å². The van der Waals surface area contributed by atoms with Crippen molar-refractivity contribution < 1.29 is 8.42 Å². The molecule has 0 amide bonds. The van der Waals surface area contributed by atoms with E-state index in [-0.39, 0.29) is 23.4 Å². The predicted octanol–water partition coefficient (Wildman–Crippen LogP) is 3.82. The Morgan fingerprint density at radius 2 is 1.85 bits per heavy atom. The second-order valence-electron chi connectivity index (χ2n) is 10.1. The van der Waals surface area contributed by atoms with Gasteiger partial charge < -0.3 is 14.8 Å². The standard InChI is InChI=1S/C23H38ClN7O2S/c1-16(2)31-17(3)25-15-20(31)21-19(24)14-26-22(28-21)27-18-8-11-30(12-9-18)34(32,33)13-10-23(4,5)29(6)7/h14-16,18H,8-13H2,1-7H3,(H,26,27,28). The van der Waals surface area contributed by atoms with Crippen molar-refractivity contribution in [2.45, 2.75) is 71.5 Å². The van der Waals surface area contributed by atoms with Crippen LogP contribution in [-0.2, 0) is 10.0 Å². The van der Waals surface area contributed by atoms with E-state index in [1.807, 2.05) is 21.0 Å². The SMILES string of the molecule is Cc1ncc(-c2nc(NC3CCN(S(=O)(=O)CCC(C)(C)N(C)C)CC3)ncc2Cl)n1C(C)C. The molecule has 0 bridgehead atoms. The summed E-state index contributed by atoms with van der Waals surface area (Å²) < 4.78 is 29.5. The van der Waals surface area contributed by atoms with Crippen molar-refractivity contribution in [2.75, 3.05) is 38.3 Å². The Bertz CT molecular complexity index is 1090. The van der Waals surface area contributed by atoms with Gasteiger partial charge in [-0.2, -0.15) is 0 Å². The summed E-state index contributed by atoms with van der Waals surface area (Å²) >= 11 is 6.44. The Morgan fingerprint density at radius 3 is 2.44 bits per heavy atom. The number of rotatable bonds is 9. The molecule has 9 nitrogen and oxygen atoms in total. The molecule has 3 rings (SSSR count). The van der Waals surface area contributed by atoms with E-state index in [9.17, 15) is 8.42 Å². The van der Waals surface area contributed by atoms with Gasteiger partial charge in [-0.3, -0.25) is 0 Å². The quantitative estimate of drug-likeness (QED) is 0.546. The van der Waals surface area contributed by atoms with Crippen molar-refractivity contribution in [3.63, 3.8) is 0 Å². The Labute approximate surface area is 209 Å². The maximum atomic E-state index is 12.9. The fourth-order valence-electron chi connectivity index (χ4n) is 4.09. The van der Waals surface area contributed by atoms with Gasteiger partial charge >= 0.3 is 0 Å². The highest BCUT2D eigenvalue weighted by Gasteiger charge is 2.31. The highest BCUT2D eigenvalue weighted by Crippen LogP contribution is 2.30. The zero-order valence-corrected chi connectivity index (χ0v) is 22.9. The number of imidazole rings is 1. The summed E-state index contributed by atoms with van der Waals surface area (Å²) in [6.07, 6.45) is 5.37. The van der Waals surface area contributed by atoms with Crippen LogP contribution in [0, 0.1) is 6.92 Å². The Morgan fingerprint density at radius 1 is 1.21 bits per heavy atom. The molecule has 0 saturated carbocycles. The molecular weight excluding hydrogens is 474 g/mol. The summed E-state index contributed by atoms with van der Waals surface area (Å²) in [5.41, 5.74) is 1.32. The number of aryl methyl sites for hydroxylation is 1. The average Bonchev–Trinajstić information content (AvgIpc) is 3.15. The summed E-state index contributed by atoms with van der Waals surface area (Å²) in [5.74, 6) is 1.54. The molecule has 2 aromatic rings. The van der Waals surface area contributed by atoms with Gasteiger partial charge in [-0.05, 0) is 68.0 Å². The first-order valence-electron chi connectivity index (χ1n) is 11.8. The number of nitrogens with zero attached hydrogens (tertiary/aromatic N) is 6. The number of nitrogens with one attached hydrogen (secondary N) is 1. The maximum Gasteiger partial charge on any atom is 0.223 e. The van der Waals surface area contributed by atoms with Crippen LogP contribution in [-0.4, -0.2) is 81.7 Å². The normalized spacial score (nSPS) is 16.5. The van der Waals surface area contributed by atoms with Gasteiger partial charge in [0.2, 0.25) is 16.0 Å². The highest BCUT2D eigenvalue weighted by atomic mass is 35.5. The lowest BCUT2D eigenvalue weighted by Crippen LogP contribution is -2.45. The molecule has 0 atom stereocenters. The molecule has 34 heavy (non-hydrogen) atoms. The van der Waals surface area contributed by atoms with E-state index in [1.54, 1.807) is 16.7 Å². The van der Waals surface area contributed by atoms with Crippen molar-refractivity contribution in [3.8, 4) is 11.4 Å². The van der Waals surface area contributed by atoms with Gasteiger partial charge in [0.1, 0.15) is 11.5 Å². The average molecular weight is 512 g/mol. The summed E-state index contributed by atoms with van der Waals surface area (Å²) in [6.45, 7) is 11.2. The zero-order chi connectivity index (χ0) is 25.3. The number of hydrogen-bond acceptors (Lipinski definition) is 7. The number of aromatic nitrogens is 4. The van der Waals surface area contributed by atoms with Gasteiger partial charge in [0.15, 0.2) is 0 Å². The van der Waals surface area contributed by atoms with Crippen LogP contribution >= 0.6 is 11.6 Å². The van der Waals surface area contributed by atoms with Gasteiger partial charge in [0, 0.05) is 30.7 Å². The number of anilines is 1. The van der Waals surface area contributed by atoms with Gasteiger partial charge in [-0.15, -0.1) is 0 Å². The molecule has 11 heteroatoms. The van der Waals surface area contributed by atoms with Crippen LogP contribution in [0.1, 0.15) is 58.8 Å². The summed E-state index contributed by atoms with van der Waals surface area (Å²) in [4.78, 5) is 15.5. The molecule has 1 saturated heterocycles. The second-order valence-corrected chi connectivity index (χ2v) is 12.6. The first-order valence-corrected chi connectivity index (χ1v) is 13.8. The smallest absolute Gasteiger partial charge is 0.223 e. The lowest BCUT2D eigenvalue weighted by atomic mass is 10.0. The summed E-state index contributed by atoms with van der Waals surface area (Å²) in [5, 5.41) is 3.84. The molecule has 0 spiro atoms. The molecule has 0 radical (unpaired) electrons. The lowest BCUT2D eigenvalue weighted by molar-refractivity contribution is 0.189. The van der Waals surface area contributed by atoms with E-state index in [0.29, 0.717) is 49.0 Å². The minimum atomic E-state index is -3.28. The predicted molar refractivity (Wildman–Crippen MR) is 138 cm³/mol. The third kappa shape index (κ3) is 6.08. The molecule has 1 aliphatic heterocycles. The fraction of sp³-hybridized carbons (Fsp3) is 0.696. The van der Waals surface area contributed by atoms with E-state index in [1.165, 1.54) is 0 Å². The molecule has 2 aromatic heterocycles. The molecule has 0 aromatic carbocycles. The molecular formula is C23H38ClN7O2S. The molecule has 190 valence electrons. The van der Waals surface area contributed by atoms with Crippen molar-refractivity contribution in [3.05, 3.63) is 23.2 Å². The number of piperidine rings is 1. The van der Waals surface area contributed by atoms with Gasteiger partial charge in [-0.1, -0.05) is 11.6 Å². The van der Waals surface area contributed by atoms with Crippen molar-refractivity contribution in [2.24, 2.45) is 0 Å². The van der Waals surface area contributed by atoms with E-state index in [2.05, 4.69) is 57.4 Å². The van der Waals surface area contributed by atoms with E-state index < -0.39 is 10.0 Å². The minimum Gasteiger partial charge on any atom is -0.351 e. The van der Waals surface area contributed by atoms with Gasteiger partial charge in [-0.25, -0.2) is 27.7 Å². The summed E-state index contributed by atoms with van der Waals surface area (Å²) in [6, 6.07) is 0.310. The largest absolute Gasteiger partial charge is 0.351 e. The minimum absolute atomic E-state index is 0.0930. The third-order valence-electron chi connectivity index (χ3n) is 6.85. The Kier molecular flexibility index (Phi) is 8.27. The highest BCUT2D eigenvalue weighted by molar-refractivity contribution is 7.89. The molecule has 1 fully saturated rings. The topological polar surface area (TPSA) is 96.2 Å². The van der Waals surface area contributed by atoms with E-state index >= 15 is 0 Å². The zero-order valence-electron chi connectivity index (χ0n) is 21.3. The third-order valence-corrected chi connectivity index (χ3v) is 9.00. The van der Waals surface area contributed by atoms with Crippen LogP contribution in [0.5, 0.6) is 0 Å². The fourth-order valence-corrected chi connectivity index (χ4v) is 6.06. The first kappa shape index (κ1) is 26.8.